The lowest BCUT2D eigenvalue weighted by atomic mass is 10.1. The molecule has 0 aliphatic heterocycles. The maximum absolute atomic E-state index is 13.6. The molecule has 0 aliphatic rings. The minimum Gasteiger partial charge on any atom is -0.244 e. The molecule has 0 saturated heterocycles. The molecule has 0 aliphatic carbocycles. The molecular weight excluding hydrogens is 247 g/mol. The van der Waals surface area contributed by atoms with Gasteiger partial charge in [0.15, 0.2) is 0 Å². The Morgan fingerprint density at radius 1 is 1.50 bits per heavy atom. The first-order chi connectivity index (χ1) is 6.74. The lowest BCUT2D eigenvalue weighted by molar-refractivity contribution is 0.608. The highest BCUT2D eigenvalue weighted by atomic mass is 79.9. The van der Waals surface area contributed by atoms with E-state index < -0.39 is 0 Å². The van der Waals surface area contributed by atoms with Crippen LogP contribution < -0.4 is 0 Å². The summed E-state index contributed by atoms with van der Waals surface area (Å²) in [6.45, 7) is 1.91. The van der Waals surface area contributed by atoms with Crippen LogP contribution in [0, 0.1) is 5.82 Å². The number of benzene rings is 1. The van der Waals surface area contributed by atoms with Gasteiger partial charge in [-0.3, -0.25) is 0 Å². The van der Waals surface area contributed by atoms with Crippen molar-refractivity contribution in [1.82, 2.24) is 9.97 Å². The molecule has 2 nitrogen and oxygen atoms in total. The highest BCUT2D eigenvalue weighted by Gasteiger charge is 2.10. The first-order valence-electron chi connectivity index (χ1n) is 4.30. The first-order valence-corrected chi connectivity index (χ1v) is 5.10. The third kappa shape index (κ3) is 1.39. The maximum atomic E-state index is 13.6. The summed E-state index contributed by atoms with van der Waals surface area (Å²) in [5, 5.41) is 0.859. The molecular formula is C10H8BrFN2. The monoisotopic (exact) mass is 254 g/mol. The third-order valence-corrected chi connectivity index (χ3v) is 2.71. The second-order valence-corrected chi connectivity index (χ2v) is 3.82. The van der Waals surface area contributed by atoms with Crippen LogP contribution in [0.15, 0.2) is 23.1 Å². The predicted octanol–water partition coefficient (Wildman–Crippen LogP) is 3.09. The number of hydrogen-bond acceptors (Lipinski definition) is 2. The zero-order valence-electron chi connectivity index (χ0n) is 7.59. The van der Waals surface area contributed by atoms with E-state index in [2.05, 4.69) is 25.9 Å². The minimum absolute atomic E-state index is 0.223. The van der Waals surface area contributed by atoms with Crippen molar-refractivity contribution in [1.29, 1.82) is 0 Å². The van der Waals surface area contributed by atoms with E-state index >= 15 is 0 Å². The lowest BCUT2D eigenvalue weighted by Gasteiger charge is -2.05. The Morgan fingerprint density at radius 2 is 2.29 bits per heavy atom. The van der Waals surface area contributed by atoms with Crippen LogP contribution in [-0.2, 0) is 6.42 Å². The molecule has 4 heteroatoms. The number of fused-ring (bicyclic) bond motifs is 1. The van der Waals surface area contributed by atoms with Gasteiger partial charge in [-0.15, -0.1) is 0 Å². The first kappa shape index (κ1) is 9.52. The maximum Gasteiger partial charge on any atom is 0.142 e. The van der Waals surface area contributed by atoms with Crippen molar-refractivity contribution in [3.8, 4) is 0 Å². The molecule has 1 aromatic heterocycles. The Kier molecular flexibility index (Phi) is 2.46. The van der Waals surface area contributed by atoms with E-state index in [0.717, 1.165) is 5.39 Å². The molecule has 1 heterocycles. The van der Waals surface area contributed by atoms with Crippen molar-refractivity contribution in [3.05, 3.63) is 34.4 Å². The van der Waals surface area contributed by atoms with Gasteiger partial charge in [0.25, 0.3) is 0 Å². The van der Waals surface area contributed by atoms with Crippen LogP contribution in [0.4, 0.5) is 4.39 Å². The second kappa shape index (κ2) is 3.61. The molecule has 0 bridgehead atoms. The average Bonchev–Trinajstić information content (AvgIpc) is 2.20. The average molecular weight is 255 g/mol. The quantitative estimate of drug-likeness (QED) is 0.782. The van der Waals surface area contributed by atoms with Crippen molar-refractivity contribution >= 4 is 26.8 Å². The van der Waals surface area contributed by atoms with Crippen LogP contribution in [0.1, 0.15) is 12.5 Å². The fourth-order valence-corrected chi connectivity index (χ4v) is 1.95. The number of halogens is 2. The summed E-state index contributed by atoms with van der Waals surface area (Å²) in [6, 6.07) is 1.70. The Balaban J connectivity index is 2.89. The number of rotatable bonds is 1. The summed E-state index contributed by atoms with van der Waals surface area (Å²) in [5.74, 6) is -0.223. The van der Waals surface area contributed by atoms with Crippen molar-refractivity contribution in [3.63, 3.8) is 0 Å². The number of aromatic nitrogens is 2. The molecule has 0 radical (unpaired) electrons. The molecule has 0 unspecified atom stereocenters. The molecule has 0 atom stereocenters. The molecule has 0 saturated carbocycles. The molecule has 1 aromatic carbocycles. The molecule has 2 aromatic rings. The van der Waals surface area contributed by atoms with E-state index in [1.54, 1.807) is 12.3 Å². The largest absolute Gasteiger partial charge is 0.244 e. The summed E-state index contributed by atoms with van der Waals surface area (Å²) < 4.78 is 14.1. The minimum atomic E-state index is -0.223. The molecule has 2 rings (SSSR count). The van der Waals surface area contributed by atoms with Crippen LogP contribution in [-0.4, -0.2) is 9.97 Å². The summed E-state index contributed by atoms with van der Waals surface area (Å²) in [7, 11) is 0. The van der Waals surface area contributed by atoms with Crippen LogP contribution in [0.5, 0.6) is 0 Å². The van der Waals surface area contributed by atoms with Gasteiger partial charge in [-0.05, 0) is 28.4 Å². The molecule has 0 spiro atoms. The van der Waals surface area contributed by atoms with Gasteiger partial charge >= 0.3 is 0 Å². The third-order valence-electron chi connectivity index (χ3n) is 2.14. The van der Waals surface area contributed by atoms with E-state index in [1.165, 1.54) is 6.33 Å². The van der Waals surface area contributed by atoms with Gasteiger partial charge in [-0.25, -0.2) is 14.4 Å². The summed E-state index contributed by atoms with van der Waals surface area (Å²) >= 11 is 3.18. The smallest absolute Gasteiger partial charge is 0.142 e. The number of aryl methyl sites for hydroxylation is 1. The highest BCUT2D eigenvalue weighted by Crippen LogP contribution is 2.26. The Morgan fingerprint density at radius 3 is 3.00 bits per heavy atom. The van der Waals surface area contributed by atoms with Crippen molar-refractivity contribution < 1.29 is 4.39 Å². The van der Waals surface area contributed by atoms with E-state index in [4.69, 9.17) is 0 Å². The standard InChI is InChI=1S/C10H8BrFN2/c1-2-7-9(12)8(11)3-6-4-13-5-14-10(6)7/h3-5H,2H2,1H3. The van der Waals surface area contributed by atoms with Crippen molar-refractivity contribution in [2.75, 3.05) is 0 Å². The molecule has 72 valence electrons. The van der Waals surface area contributed by atoms with E-state index in [0.29, 0.717) is 22.0 Å². The number of nitrogens with zero attached hydrogens (tertiary/aromatic N) is 2. The Hall–Kier alpha value is -1.03. The Bertz CT molecular complexity index is 485. The highest BCUT2D eigenvalue weighted by molar-refractivity contribution is 9.10. The van der Waals surface area contributed by atoms with Crippen LogP contribution in [0.25, 0.3) is 10.9 Å². The molecule has 0 fully saturated rings. The summed E-state index contributed by atoms with van der Waals surface area (Å²) in [5.41, 5.74) is 1.33. The topological polar surface area (TPSA) is 25.8 Å². The van der Waals surface area contributed by atoms with E-state index in [9.17, 15) is 4.39 Å². The Labute approximate surface area is 89.3 Å². The molecule has 0 N–H and O–H groups in total. The van der Waals surface area contributed by atoms with Gasteiger partial charge in [-0.2, -0.15) is 0 Å². The summed E-state index contributed by atoms with van der Waals surface area (Å²) in [4.78, 5) is 7.99. The van der Waals surface area contributed by atoms with Crippen LogP contribution in [0.3, 0.4) is 0 Å². The summed E-state index contributed by atoms with van der Waals surface area (Å²) in [6.07, 6.45) is 3.75. The predicted molar refractivity (Wildman–Crippen MR) is 56.6 cm³/mol. The van der Waals surface area contributed by atoms with Crippen molar-refractivity contribution in [2.24, 2.45) is 0 Å². The molecule has 14 heavy (non-hydrogen) atoms. The lowest BCUT2D eigenvalue weighted by Crippen LogP contribution is -1.94. The van der Waals surface area contributed by atoms with Gasteiger partial charge in [0.05, 0.1) is 9.99 Å². The fourth-order valence-electron chi connectivity index (χ4n) is 1.47. The van der Waals surface area contributed by atoms with Crippen molar-refractivity contribution in [2.45, 2.75) is 13.3 Å². The molecule has 0 amide bonds. The second-order valence-electron chi connectivity index (χ2n) is 2.97. The zero-order valence-corrected chi connectivity index (χ0v) is 9.18. The fraction of sp³-hybridized carbons (Fsp3) is 0.200. The van der Waals surface area contributed by atoms with Gasteiger partial charge in [0.2, 0.25) is 0 Å². The zero-order chi connectivity index (χ0) is 10.1. The number of hydrogen-bond donors (Lipinski definition) is 0. The van der Waals surface area contributed by atoms with E-state index in [-0.39, 0.29) is 5.82 Å². The van der Waals surface area contributed by atoms with Gasteiger partial charge in [0.1, 0.15) is 12.1 Å². The van der Waals surface area contributed by atoms with Gasteiger partial charge in [-0.1, -0.05) is 6.92 Å². The van der Waals surface area contributed by atoms with Crippen LogP contribution >= 0.6 is 15.9 Å². The van der Waals surface area contributed by atoms with Crippen LogP contribution in [0.2, 0.25) is 0 Å². The van der Waals surface area contributed by atoms with Gasteiger partial charge < -0.3 is 0 Å². The van der Waals surface area contributed by atoms with Gasteiger partial charge in [0, 0.05) is 17.1 Å². The van der Waals surface area contributed by atoms with E-state index in [1.807, 2.05) is 6.92 Å². The SMILES string of the molecule is CCc1c(F)c(Br)cc2cncnc12. The normalized spacial score (nSPS) is 10.8.